The van der Waals surface area contributed by atoms with Crippen molar-refractivity contribution in [3.05, 3.63) is 6.33 Å². The van der Waals surface area contributed by atoms with Crippen LogP contribution in [0.2, 0.25) is 0 Å². The summed E-state index contributed by atoms with van der Waals surface area (Å²) < 4.78 is 32.8. The van der Waals surface area contributed by atoms with Crippen LogP contribution in [-0.4, -0.2) is 71.9 Å². The number of imidazole rings is 1. The highest BCUT2D eigenvalue weighted by molar-refractivity contribution is 5.78. The van der Waals surface area contributed by atoms with Gasteiger partial charge in [-0.25, -0.2) is 14.6 Å². The lowest BCUT2D eigenvalue weighted by atomic mass is 10.5. The second-order valence-corrected chi connectivity index (χ2v) is 6.55. The summed E-state index contributed by atoms with van der Waals surface area (Å²) in [5.74, 6) is 0.566. The third kappa shape index (κ3) is 7.93. The van der Waals surface area contributed by atoms with Crippen molar-refractivity contribution in [2.24, 2.45) is 0 Å². The summed E-state index contributed by atoms with van der Waals surface area (Å²) >= 11 is 0. The molecule has 0 aliphatic rings. The first-order chi connectivity index (χ1) is 16.0. The summed E-state index contributed by atoms with van der Waals surface area (Å²) in [6.07, 6.45) is 0.186. The summed E-state index contributed by atoms with van der Waals surface area (Å²) in [4.78, 5) is 36.4. The van der Waals surface area contributed by atoms with Gasteiger partial charge in [0, 0.05) is 13.5 Å². The molecule has 0 saturated heterocycles. The second-order valence-electron chi connectivity index (χ2n) is 6.55. The maximum Gasteiger partial charge on any atom is 0.512 e. The normalized spacial score (nSPS) is 11.6. The van der Waals surface area contributed by atoms with Crippen molar-refractivity contribution < 1.29 is 38.0 Å². The van der Waals surface area contributed by atoms with Gasteiger partial charge < -0.3 is 33.7 Å². The Labute approximate surface area is 191 Å². The van der Waals surface area contributed by atoms with E-state index >= 15 is 0 Å². The van der Waals surface area contributed by atoms with Crippen molar-refractivity contribution in [1.82, 2.24) is 19.5 Å². The third-order valence-corrected chi connectivity index (χ3v) is 3.94. The lowest BCUT2D eigenvalue weighted by Crippen LogP contribution is -2.22. The number of aromatic nitrogens is 4. The first-order valence-corrected chi connectivity index (χ1v) is 10.8. The third-order valence-electron chi connectivity index (χ3n) is 3.94. The molecular formula is C20H31N5O8. The van der Waals surface area contributed by atoms with E-state index in [1.165, 1.54) is 10.9 Å². The first kappa shape index (κ1) is 25.9. The molecule has 1 unspecified atom stereocenters. The number of carbonyl (C=O) groups excluding carboxylic acids is 2. The fraction of sp³-hybridized carbons (Fsp3) is 0.650. The molecule has 2 rings (SSSR count). The van der Waals surface area contributed by atoms with Crippen molar-refractivity contribution in [1.29, 1.82) is 0 Å². The second kappa shape index (κ2) is 13.9. The summed E-state index contributed by atoms with van der Waals surface area (Å²) in [7, 11) is 1.66. The Morgan fingerprint density at radius 3 is 2.36 bits per heavy atom. The van der Waals surface area contributed by atoms with Gasteiger partial charge in [-0.2, -0.15) is 9.97 Å². The topological polar surface area (TPSA) is 145 Å². The molecule has 2 aromatic rings. The van der Waals surface area contributed by atoms with Gasteiger partial charge >= 0.3 is 12.3 Å². The standard InChI is InChI=1S/C20H31N5O8/c1-5-9-30-19(26)32-12-8-11-29-18(33-20(27)31-10-6-2)25-13-22-14-15(25)23-17(21-4)24-16(14)28-7-3/h13,18H,5-12H2,1-4H3,(H,21,23,24). The van der Waals surface area contributed by atoms with Gasteiger partial charge in [0.15, 0.2) is 11.2 Å². The van der Waals surface area contributed by atoms with E-state index in [0.29, 0.717) is 49.6 Å². The summed E-state index contributed by atoms with van der Waals surface area (Å²) in [6, 6.07) is 0. The summed E-state index contributed by atoms with van der Waals surface area (Å²) in [6.45, 7) is 6.60. The molecule has 0 aliphatic heterocycles. The molecule has 0 radical (unpaired) electrons. The highest BCUT2D eigenvalue weighted by Gasteiger charge is 2.24. The fourth-order valence-corrected chi connectivity index (χ4v) is 2.49. The van der Waals surface area contributed by atoms with Crippen LogP contribution in [0.4, 0.5) is 15.5 Å². The Morgan fingerprint density at radius 2 is 1.70 bits per heavy atom. The van der Waals surface area contributed by atoms with Gasteiger partial charge in [0.1, 0.15) is 6.33 Å². The van der Waals surface area contributed by atoms with Crippen LogP contribution in [0.15, 0.2) is 6.33 Å². The molecule has 2 heterocycles. The van der Waals surface area contributed by atoms with Crippen molar-refractivity contribution >= 4 is 29.4 Å². The number of anilines is 1. The van der Waals surface area contributed by atoms with E-state index in [-0.39, 0.29) is 25.7 Å². The molecule has 0 fully saturated rings. The van der Waals surface area contributed by atoms with E-state index in [1.807, 2.05) is 20.8 Å². The van der Waals surface area contributed by atoms with Crippen LogP contribution < -0.4 is 10.1 Å². The van der Waals surface area contributed by atoms with Gasteiger partial charge in [-0.1, -0.05) is 13.8 Å². The molecule has 0 bridgehead atoms. The van der Waals surface area contributed by atoms with Crippen LogP contribution >= 0.6 is 0 Å². The molecule has 0 aliphatic carbocycles. The molecule has 1 N–H and O–H groups in total. The summed E-state index contributed by atoms with van der Waals surface area (Å²) in [5.41, 5.74) is 0.697. The molecule has 0 amide bonds. The molecule has 0 aromatic carbocycles. The minimum Gasteiger partial charge on any atom is -0.476 e. The predicted octanol–water partition coefficient (Wildman–Crippen LogP) is 3.26. The molecule has 184 valence electrons. The Kier molecular flexibility index (Phi) is 10.9. The number of nitrogens with one attached hydrogen (secondary N) is 1. The zero-order valence-electron chi connectivity index (χ0n) is 19.4. The predicted molar refractivity (Wildman–Crippen MR) is 116 cm³/mol. The van der Waals surface area contributed by atoms with Gasteiger partial charge in [0.25, 0.3) is 6.41 Å². The minimum atomic E-state index is -1.24. The van der Waals surface area contributed by atoms with Crippen molar-refractivity contribution in [2.75, 3.05) is 45.4 Å². The van der Waals surface area contributed by atoms with Gasteiger partial charge in [0.2, 0.25) is 11.8 Å². The molecule has 13 heteroatoms. The van der Waals surface area contributed by atoms with E-state index in [4.69, 9.17) is 28.4 Å². The average molecular weight is 469 g/mol. The van der Waals surface area contributed by atoms with E-state index in [9.17, 15) is 9.59 Å². The monoisotopic (exact) mass is 469 g/mol. The van der Waals surface area contributed by atoms with E-state index in [0.717, 1.165) is 0 Å². The number of hydrogen-bond acceptors (Lipinski definition) is 12. The van der Waals surface area contributed by atoms with Gasteiger partial charge in [-0.15, -0.1) is 0 Å². The van der Waals surface area contributed by atoms with Crippen LogP contribution in [0, 0.1) is 0 Å². The number of nitrogens with zero attached hydrogens (tertiary/aromatic N) is 4. The van der Waals surface area contributed by atoms with Crippen LogP contribution in [0.1, 0.15) is 46.4 Å². The SMILES string of the molecule is CCCOC(=O)OCCCOC(OC(=O)OCCC)n1cnc2c(OCC)nc(NC)nc21. The molecule has 0 saturated carbocycles. The largest absolute Gasteiger partial charge is 0.512 e. The quantitative estimate of drug-likeness (QED) is 0.246. The maximum absolute atomic E-state index is 12.1. The molecule has 0 spiro atoms. The Balaban J connectivity index is 2.14. The number of hydrogen-bond donors (Lipinski definition) is 1. The zero-order valence-corrected chi connectivity index (χ0v) is 19.4. The maximum atomic E-state index is 12.1. The highest BCUT2D eigenvalue weighted by atomic mass is 16.8. The lowest BCUT2D eigenvalue weighted by Gasteiger charge is -2.19. The van der Waals surface area contributed by atoms with Crippen molar-refractivity contribution in [2.45, 2.75) is 46.4 Å². The minimum absolute atomic E-state index is 0.0702. The number of rotatable bonds is 14. The van der Waals surface area contributed by atoms with E-state index in [2.05, 4.69) is 20.3 Å². The van der Waals surface area contributed by atoms with Gasteiger partial charge in [-0.05, 0) is 19.8 Å². The number of fused-ring (bicyclic) bond motifs is 1. The highest BCUT2D eigenvalue weighted by Crippen LogP contribution is 2.26. The van der Waals surface area contributed by atoms with Crippen molar-refractivity contribution in [3.8, 4) is 5.88 Å². The Hall–Kier alpha value is -3.35. The average Bonchev–Trinajstić information content (AvgIpc) is 3.24. The number of carbonyl (C=O) groups is 2. The first-order valence-electron chi connectivity index (χ1n) is 10.8. The molecule has 2 aromatic heterocycles. The fourth-order valence-electron chi connectivity index (χ4n) is 2.49. The van der Waals surface area contributed by atoms with E-state index < -0.39 is 18.7 Å². The Bertz CT molecular complexity index is 891. The van der Waals surface area contributed by atoms with Crippen LogP contribution in [0.3, 0.4) is 0 Å². The molecule has 33 heavy (non-hydrogen) atoms. The van der Waals surface area contributed by atoms with Crippen LogP contribution in [-0.2, 0) is 23.7 Å². The Morgan fingerprint density at radius 1 is 1.00 bits per heavy atom. The molecular weight excluding hydrogens is 438 g/mol. The van der Waals surface area contributed by atoms with Crippen molar-refractivity contribution in [3.63, 3.8) is 0 Å². The number of ether oxygens (including phenoxy) is 6. The molecule has 1 atom stereocenters. The zero-order chi connectivity index (χ0) is 24.1. The molecule has 13 nitrogen and oxygen atoms in total. The van der Waals surface area contributed by atoms with Crippen LogP contribution in [0.5, 0.6) is 5.88 Å². The van der Waals surface area contributed by atoms with Gasteiger partial charge in [-0.3, -0.25) is 4.57 Å². The summed E-state index contributed by atoms with van der Waals surface area (Å²) in [5, 5.41) is 2.85. The smallest absolute Gasteiger partial charge is 0.476 e. The lowest BCUT2D eigenvalue weighted by molar-refractivity contribution is -0.168. The van der Waals surface area contributed by atoms with Crippen LogP contribution in [0.25, 0.3) is 11.2 Å². The van der Waals surface area contributed by atoms with Gasteiger partial charge in [0.05, 0.1) is 33.0 Å². The van der Waals surface area contributed by atoms with E-state index in [1.54, 1.807) is 7.05 Å².